The Morgan fingerprint density at radius 2 is 1.54 bits per heavy atom. The first-order valence-electron chi connectivity index (χ1n) is 12.5. The maximum absolute atomic E-state index is 11.6. The molecule has 13 heteroatoms. The molecule has 1 N–H and O–H groups in total. The van der Waals surface area contributed by atoms with Crippen LogP contribution in [0.4, 0.5) is 17.1 Å². The predicted octanol–water partition coefficient (Wildman–Crippen LogP) is 4.84. The molecule has 0 saturated heterocycles. The summed E-state index contributed by atoms with van der Waals surface area (Å²) < 4.78 is 29.2. The van der Waals surface area contributed by atoms with Crippen molar-refractivity contribution in [2.75, 3.05) is 45.1 Å². The molecule has 2 aliphatic rings. The van der Waals surface area contributed by atoms with Gasteiger partial charge in [0.15, 0.2) is 11.5 Å². The molecule has 13 nitrogen and oxygen atoms in total. The van der Waals surface area contributed by atoms with Crippen LogP contribution >= 0.6 is 0 Å². The van der Waals surface area contributed by atoms with Crippen molar-refractivity contribution in [3.05, 3.63) is 61.9 Å². The second-order valence-corrected chi connectivity index (χ2v) is 10.0. The number of anilines is 1. The molecule has 0 radical (unpaired) electrons. The largest absolute Gasteiger partial charge is 0.487 e. The topological polar surface area (TPSA) is 161 Å². The van der Waals surface area contributed by atoms with E-state index < -0.39 is 15.5 Å². The van der Waals surface area contributed by atoms with Gasteiger partial charge < -0.3 is 23.4 Å². The molecule has 2 heterocycles. The Balaban J connectivity index is 1.55. The van der Waals surface area contributed by atoms with Crippen LogP contribution in [-0.2, 0) is 15.9 Å². The first kappa shape index (κ1) is 26.4. The summed E-state index contributed by atoms with van der Waals surface area (Å²) in [4.78, 5) is 21.3. The lowest BCUT2D eigenvalue weighted by molar-refractivity contribution is -0.393. The van der Waals surface area contributed by atoms with Crippen molar-refractivity contribution < 1.29 is 33.2 Å². The lowest BCUT2D eigenvalue weighted by atomic mass is 9.75. The zero-order chi connectivity index (χ0) is 27.6. The van der Waals surface area contributed by atoms with Gasteiger partial charge in [-0.25, -0.2) is 0 Å². The van der Waals surface area contributed by atoms with Gasteiger partial charge in [0.2, 0.25) is 0 Å². The molecule has 0 saturated carbocycles. The third-order valence-electron chi connectivity index (χ3n) is 6.44. The van der Waals surface area contributed by atoms with E-state index in [0.29, 0.717) is 75.3 Å². The van der Waals surface area contributed by atoms with E-state index in [1.54, 1.807) is 6.07 Å². The quantitative estimate of drug-likeness (QED) is 0.358. The molecule has 3 aromatic rings. The third-order valence-corrected chi connectivity index (χ3v) is 6.44. The lowest BCUT2D eigenvalue weighted by Gasteiger charge is -2.29. The number of benzene rings is 2. The van der Waals surface area contributed by atoms with Gasteiger partial charge in [-0.3, -0.25) is 25.7 Å². The summed E-state index contributed by atoms with van der Waals surface area (Å²) in [5.41, 5.74) is 3.79. The van der Waals surface area contributed by atoms with E-state index in [0.717, 1.165) is 22.8 Å². The summed E-state index contributed by atoms with van der Waals surface area (Å²) in [7, 11) is 0. The molecule has 0 unspecified atom stereocenters. The summed E-state index contributed by atoms with van der Waals surface area (Å²) in [5, 5.41) is 28.0. The summed E-state index contributed by atoms with van der Waals surface area (Å²) in [6.07, 6.45) is 1.21. The number of hydrogen-bond acceptors (Lipinski definition) is 11. The van der Waals surface area contributed by atoms with Gasteiger partial charge in [0.25, 0.3) is 5.69 Å². The van der Waals surface area contributed by atoms with Crippen LogP contribution < -0.4 is 14.9 Å². The molecule has 1 aliphatic carbocycles. The molecule has 5 rings (SSSR count). The van der Waals surface area contributed by atoms with Crippen LogP contribution in [0.25, 0.3) is 11.0 Å². The molecule has 1 aromatic heterocycles. The SMILES string of the molecule is CC1(C)C/C(=N\Nc2ccc([N+](=O)[O-])cc2[N+](=O)[O-])c2c(oc3cc4c(cc23)OCCOCCOCCO4)C1. The van der Waals surface area contributed by atoms with Crippen molar-refractivity contribution in [1.82, 2.24) is 0 Å². The first-order chi connectivity index (χ1) is 18.7. The highest BCUT2D eigenvalue weighted by atomic mass is 16.6. The highest BCUT2D eigenvalue weighted by molar-refractivity contribution is 6.13. The van der Waals surface area contributed by atoms with Crippen LogP contribution in [0.2, 0.25) is 0 Å². The number of nitro groups is 2. The zero-order valence-corrected chi connectivity index (χ0v) is 21.6. The van der Waals surface area contributed by atoms with E-state index in [-0.39, 0.29) is 16.8 Å². The van der Waals surface area contributed by atoms with Crippen molar-refractivity contribution in [3.63, 3.8) is 0 Å². The Kier molecular flexibility index (Phi) is 7.35. The number of fused-ring (bicyclic) bond motifs is 4. The van der Waals surface area contributed by atoms with E-state index in [4.69, 9.17) is 23.4 Å². The molecule has 0 atom stereocenters. The second-order valence-electron chi connectivity index (χ2n) is 10.0. The summed E-state index contributed by atoms with van der Waals surface area (Å²) in [6.45, 7) is 6.56. The number of nitrogens with zero attached hydrogens (tertiary/aromatic N) is 3. The maximum atomic E-state index is 11.6. The Bertz CT molecular complexity index is 1450. The highest BCUT2D eigenvalue weighted by Gasteiger charge is 2.35. The molecule has 0 amide bonds. The van der Waals surface area contributed by atoms with Gasteiger partial charge in [0.1, 0.15) is 30.2 Å². The van der Waals surface area contributed by atoms with Crippen molar-refractivity contribution in [1.29, 1.82) is 0 Å². The minimum atomic E-state index is -0.683. The Hall–Kier alpha value is -4.23. The van der Waals surface area contributed by atoms with Crippen LogP contribution in [0.1, 0.15) is 31.6 Å². The molecular formula is C26H28N4O9. The van der Waals surface area contributed by atoms with E-state index in [2.05, 4.69) is 24.4 Å². The van der Waals surface area contributed by atoms with Crippen LogP contribution in [-0.4, -0.2) is 55.2 Å². The Morgan fingerprint density at radius 1 is 0.872 bits per heavy atom. The van der Waals surface area contributed by atoms with E-state index in [1.165, 1.54) is 12.1 Å². The van der Waals surface area contributed by atoms with Crippen LogP contribution in [0, 0.1) is 25.6 Å². The number of rotatable bonds is 4. The van der Waals surface area contributed by atoms with Gasteiger partial charge in [-0.05, 0) is 24.0 Å². The van der Waals surface area contributed by atoms with Crippen molar-refractivity contribution in [2.45, 2.75) is 26.7 Å². The fourth-order valence-corrected chi connectivity index (χ4v) is 4.71. The van der Waals surface area contributed by atoms with Crippen LogP contribution in [0.5, 0.6) is 11.5 Å². The van der Waals surface area contributed by atoms with Crippen molar-refractivity contribution >= 4 is 33.7 Å². The fourth-order valence-electron chi connectivity index (χ4n) is 4.71. The normalized spacial score (nSPS) is 18.6. The predicted molar refractivity (Wildman–Crippen MR) is 141 cm³/mol. The molecule has 2 aromatic carbocycles. The standard InChI is InChI=1S/C26H28N4O9/c1-26(2)14-19(28-27-18-4-3-16(29(31)32)11-20(18)30(33)34)25-17-12-22-23(13-21(17)39-24(25)15-26)38-10-8-36-6-5-35-7-9-37-22/h3-4,11-13,27H,5-10,14-15H2,1-2H3/b28-19+. The molecule has 206 valence electrons. The molecule has 1 aliphatic heterocycles. The van der Waals surface area contributed by atoms with Gasteiger partial charge in [-0.1, -0.05) is 13.8 Å². The van der Waals surface area contributed by atoms with Gasteiger partial charge in [-0.2, -0.15) is 5.10 Å². The summed E-state index contributed by atoms with van der Waals surface area (Å²) in [5.74, 6) is 1.78. The number of hydrazone groups is 1. The highest BCUT2D eigenvalue weighted by Crippen LogP contribution is 2.43. The smallest absolute Gasteiger partial charge is 0.301 e. The minimum Gasteiger partial charge on any atom is -0.487 e. The Morgan fingerprint density at radius 3 is 2.21 bits per heavy atom. The lowest BCUT2D eigenvalue weighted by Crippen LogP contribution is -2.27. The number of nitro benzene ring substituents is 2. The number of hydrogen-bond donors (Lipinski definition) is 1. The summed E-state index contributed by atoms with van der Waals surface area (Å²) in [6, 6.07) is 7.01. The van der Waals surface area contributed by atoms with Gasteiger partial charge in [0, 0.05) is 29.5 Å². The average molecular weight is 541 g/mol. The molecule has 0 spiro atoms. The molecule has 0 fully saturated rings. The van der Waals surface area contributed by atoms with Crippen molar-refractivity contribution in [2.24, 2.45) is 10.5 Å². The monoisotopic (exact) mass is 540 g/mol. The van der Waals surface area contributed by atoms with Crippen LogP contribution in [0.15, 0.2) is 39.9 Å². The number of furan rings is 1. The average Bonchev–Trinajstić information content (AvgIpc) is 3.22. The first-order valence-corrected chi connectivity index (χ1v) is 12.5. The summed E-state index contributed by atoms with van der Waals surface area (Å²) >= 11 is 0. The maximum Gasteiger partial charge on any atom is 0.301 e. The van der Waals surface area contributed by atoms with Crippen LogP contribution in [0.3, 0.4) is 0 Å². The number of non-ortho nitro benzene ring substituents is 1. The minimum absolute atomic E-state index is 0.0409. The zero-order valence-electron chi connectivity index (χ0n) is 21.6. The van der Waals surface area contributed by atoms with Crippen molar-refractivity contribution in [3.8, 4) is 11.5 Å². The molecule has 0 bridgehead atoms. The Labute approximate surface area is 223 Å². The van der Waals surface area contributed by atoms with Gasteiger partial charge in [0.05, 0.1) is 48.1 Å². The number of nitrogens with one attached hydrogen (secondary N) is 1. The van der Waals surface area contributed by atoms with E-state index in [9.17, 15) is 20.2 Å². The van der Waals surface area contributed by atoms with Gasteiger partial charge >= 0.3 is 5.69 Å². The third kappa shape index (κ3) is 5.78. The second kappa shape index (κ2) is 10.9. The number of ether oxygens (including phenoxy) is 4. The molecule has 39 heavy (non-hydrogen) atoms. The van der Waals surface area contributed by atoms with E-state index in [1.807, 2.05) is 6.07 Å². The van der Waals surface area contributed by atoms with E-state index >= 15 is 0 Å². The fraction of sp³-hybridized carbons (Fsp3) is 0.423. The van der Waals surface area contributed by atoms with Gasteiger partial charge in [-0.15, -0.1) is 0 Å². The molecular weight excluding hydrogens is 512 g/mol.